The van der Waals surface area contributed by atoms with Gasteiger partial charge in [-0.3, -0.25) is 10.1 Å². The molecule has 1 aromatic heterocycles. The predicted octanol–water partition coefficient (Wildman–Crippen LogP) is 3.44. The fraction of sp³-hybridized carbons (Fsp3) is 0. The lowest BCUT2D eigenvalue weighted by molar-refractivity contribution is 0.0967. The summed E-state index contributed by atoms with van der Waals surface area (Å²) in [6.07, 6.45) is 1.29. The molecule has 0 aliphatic rings. The summed E-state index contributed by atoms with van der Waals surface area (Å²) in [4.78, 5) is 27.8. The molecule has 0 atom stereocenters. The first kappa shape index (κ1) is 14.1. The Morgan fingerprint density at radius 3 is 2.82 bits per heavy atom. The lowest BCUT2D eigenvalue weighted by atomic mass is 10.2. The Balaban J connectivity index is 1.69. The first-order chi connectivity index (χ1) is 10.6. The minimum absolute atomic E-state index is 0.308. The first-order valence-electron chi connectivity index (χ1n) is 6.33. The van der Waals surface area contributed by atoms with Crippen LogP contribution in [0.1, 0.15) is 10.4 Å². The van der Waals surface area contributed by atoms with Crippen LogP contribution in [0.2, 0.25) is 5.02 Å². The molecular weight excluding hydrogens is 306 g/mol. The number of imide groups is 1. The Hall–Kier alpha value is -2.86. The molecule has 0 aliphatic heterocycles. The third-order valence-electron chi connectivity index (χ3n) is 2.90. The van der Waals surface area contributed by atoms with Crippen LogP contribution in [0, 0.1) is 0 Å². The maximum Gasteiger partial charge on any atom is 0.326 e. The van der Waals surface area contributed by atoms with Crippen LogP contribution >= 0.6 is 11.6 Å². The van der Waals surface area contributed by atoms with E-state index in [0.29, 0.717) is 27.4 Å². The molecule has 3 aromatic rings. The molecule has 0 aliphatic carbocycles. The number of aromatic nitrogens is 1. The normalized spacial score (nSPS) is 10.4. The molecule has 2 N–H and O–H groups in total. The summed E-state index contributed by atoms with van der Waals surface area (Å²) in [5.41, 5.74) is 1.91. The summed E-state index contributed by atoms with van der Waals surface area (Å²) >= 11 is 5.82. The molecule has 0 saturated carbocycles. The van der Waals surface area contributed by atoms with Gasteiger partial charge in [-0.1, -0.05) is 17.7 Å². The molecule has 2 aromatic carbocycles. The molecule has 22 heavy (non-hydrogen) atoms. The van der Waals surface area contributed by atoms with Crippen LogP contribution in [0.4, 0.5) is 10.5 Å². The van der Waals surface area contributed by atoms with Crippen molar-refractivity contribution in [2.24, 2.45) is 0 Å². The van der Waals surface area contributed by atoms with Gasteiger partial charge in [0.05, 0.1) is 0 Å². The van der Waals surface area contributed by atoms with Crippen molar-refractivity contribution in [1.29, 1.82) is 0 Å². The van der Waals surface area contributed by atoms with E-state index in [4.69, 9.17) is 16.0 Å². The highest BCUT2D eigenvalue weighted by Gasteiger charge is 2.12. The Morgan fingerprint density at radius 2 is 2.00 bits per heavy atom. The number of carbonyl (C=O) groups is 2. The zero-order chi connectivity index (χ0) is 15.5. The number of hydrogen-bond donors (Lipinski definition) is 2. The maximum absolute atomic E-state index is 12.0. The predicted molar refractivity (Wildman–Crippen MR) is 81.9 cm³/mol. The molecule has 0 bridgehead atoms. The summed E-state index contributed by atoms with van der Waals surface area (Å²) < 4.78 is 5.09. The third kappa shape index (κ3) is 3.07. The minimum atomic E-state index is -0.646. The van der Waals surface area contributed by atoms with Gasteiger partial charge in [-0.25, -0.2) is 9.78 Å². The molecular formula is C15H10ClN3O3. The molecule has 0 unspecified atom stereocenters. The highest BCUT2D eigenvalue weighted by atomic mass is 35.5. The first-order valence-corrected chi connectivity index (χ1v) is 6.71. The molecule has 3 amide bonds. The number of fused-ring (bicyclic) bond motifs is 1. The van der Waals surface area contributed by atoms with Gasteiger partial charge in [-0.2, -0.15) is 0 Å². The number of benzene rings is 2. The van der Waals surface area contributed by atoms with Gasteiger partial charge in [-0.15, -0.1) is 0 Å². The van der Waals surface area contributed by atoms with Crippen LogP contribution in [0.25, 0.3) is 11.1 Å². The summed E-state index contributed by atoms with van der Waals surface area (Å²) in [7, 11) is 0. The fourth-order valence-electron chi connectivity index (χ4n) is 1.90. The zero-order valence-electron chi connectivity index (χ0n) is 11.2. The third-order valence-corrected chi connectivity index (χ3v) is 3.14. The Kier molecular flexibility index (Phi) is 3.76. The van der Waals surface area contributed by atoms with Crippen molar-refractivity contribution in [3.8, 4) is 0 Å². The number of hydrogen-bond acceptors (Lipinski definition) is 4. The van der Waals surface area contributed by atoms with Crippen LogP contribution in [-0.2, 0) is 0 Å². The summed E-state index contributed by atoms with van der Waals surface area (Å²) in [5.74, 6) is -0.538. The molecule has 110 valence electrons. The van der Waals surface area contributed by atoms with Crippen molar-refractivity contribution in [1.82, 2.24) is 10.3 Å². The second-order valence-corrected chi connectivity index (χ2v) is 4.89. The Bertz CT molecular complexity index is 860. The number of halogens is 1. The molecule has 0 saturated heterocycles. The van der Waals surface area contributed by atoms with Crippen molar-refractivity contribution in [2.75, 3.05) is 5.32 Å². The van der Waals surface area contributed by atoms with Crippen LogP contribution in [0.15, 0.2) is 53.3 Å². The number of amides is 3. The van der Waals surface area contributed by atoms with Crippen molar-refractivity contribution >= 4 is 40.3 Å². The fourth-order valence-corrected chi connectivity index (χ4v) is 2.09. The van der Waals surface area contributed by atoms with E-state index in [9.17, 15) is 9.59 Å². The minimum Gasteiger partial charge on any atom is -0.443 e. The van der Waals surface area contributed by atoms with E-state index in [1.54, 1.807) is 42.5 Å². The summed E-state index contributed by atoms with van der Waals surface area (Å²) in [6.45, 7) is 0. The molecule has 1 heterocycles. The molecule has 6 nitrogen and oxygen atoms in total. The van der Waals surface area contributed by atoms with Gasteiger partial charge in [0.1, 0.15) is 5.52 Å². The van der Waals surface area contributed by atoms with Crippen LogP contribution < -0.4 is 10.6 Å². The van der Waals surface area contributed by atoms with E-state index in [2.05, 4.69) is 15.6 Å². The smallest absolute Gasteiger partial charge is 0.326 e. The van der Waals surface area contributed by atoms with E-state index in [-0.39, 0.29) is 0 Å². The van der Waals surface area contributed by atoms with Gasteiger partial charge >= 0.3 is 6.03 Å². The summed E-state index contributed by atoms with van der Waals surface area (Å²) in [5, 5.41) is 5.24. The standard InChI is InChI=1S/C15H10ClN3O3/c16-10-2-1-3-11(7-10)18-15(21)19-14(20)9-4-5-13-12(6-9)17-8-22-13/h1-8H,(H2,18,19,20,21). The number of nitrogens with zero attached hydrogens (tertiary/aromatic N) is 1. The number of carbonyl (C=O) groups excluding carboxylic acids is 2. The molecule has 0 spiro atoms. The van der Waals surface area contributed by atoms with E-state index >= 15 is 0 Å². The lowest BCUT2D eigenvalue weighted by Gasteiger charge is -2.07. The second-order valence-electron chi connectivity index (χ2n) is 4.45. The molecule has 0 radical (unpaired) electrons. The average Bonchev–Trinajstić information content (AvgIpc) is 2.94. The number of oxazole rings is 1. The number of anilines is 1. The lowest BCUT2D eigenvalue weighted by Crippen LogP contribution is -2.34. The largest absolute Gasteiger partial charge is 0.443 e. The van der Waals surface area contributed by atoms with Gasteiger partial charge < -0.3 is 9.73 Å². The maximum atomic E-state index is 12.0. The monoisotopic (exact) mass is 315 g/mol. The molecule has 3 rings (SSSR count). The highest BCUT2D eigenvalue weighted by Crippen LogP contribution is 2.15. The SMILES string of the molecule is O=C(NC(=O)c1ccc2ocnc2c1)Nc1cccc(Cl)c1. The van der Waals surface area contributed by atoms with E-state index in [0.717, 1.165) is 0 Å². The van der Waals surface area contributed by atoms with E-state index in [1.807, 2.05) is 0 Å². The Morgan fingerprint density at radius 1 is 1.14 bits per heavy atom. The Labute approximate surface area is 130 Å². The van der Waals surface area contributed by atoms with Crippen LogP contribution in [0.5, 0.6) is 0 Å². The molecule has 0 fully saturated rings. The van der Waals surface area contributed by atoms with E-state index < -0.39 is 11.9 Å². The van der Waals surface area contributed by atoms with Crippen LogP contribution in [0.3, 0.4) is 0 Å². The van der Waals surface area contributed by atoms with Gasteiger partial charge in [0.2, 0.25) is 0 Å². The number of nitrogens with one attached hydrogen (secondary N) is 2. The van der Waals surface area contributed by atoms with Crippen molar-refractivity contribution in [3.63, 3.8) is 0 Å². The average molecular weight is 316 g/mol. The van der Waals surface area contributed by atoms with Crippen molar-refractivity contribution in [2.45, 2.75) is 0 Å². The van der Waals surface area contributed by atoms with Gasteiger partial charge in [0.25, 0.3) is 5.91 Å². The van der Waals surface area contributed by atoms with Gasteiger partial charge in [0, 0.05) is 16.3 Å². The number of rotatable bonds is 2. The highest BCUT2D eigenvalue weighted by molar-refractivity contribution is 6.30. The van der Waals surface area contributed by atoms with E-state index in [1.165, 1.54) is 6.39 Å². The molecule has 7 heteroatoms. The van der Waals surface area contributed by atoms with Gasteiger partial charge in [0.15, 0.2) is 12.0 Å². The van der Waals surface area contributed by atoms with Gasteiger partial charge in [-0.05, 0) is 36.4 Å². The van der Waals surface area contributed by atoms with Crippen LogP contribution in [-0.4, -0.2) is 16.9 Å². The summed E-state index contributed by atoms with van der Waals surface area (Å²) in [6, 6.07) is 10.7. The zero-order valence-corrected chi connectivity index (χ0v) is 11.9. The quantitative estimate of drug-likeness (QED) is 0.758. The van der Waals surface area contributed by atoms with Crippen molar-refractivity contribution < 1.29 is 14.0 Å². The second kappa shape index (κ2) is 5.87. The van der Waals surface area contributed by atoms with Crippen molar-refractivity contribution in [3.05, 3.63) is 59.4 Å². The number of urea groups is 1. The topological polar surface area (TPSA) is 84.2 Å².